The van der Waals surface area contributed by atoms with Gasteiger partial charge in [0.25, 0.3) is 0 Å². The van der Waals surface area contributed by atoms with Crippen LogP contribution in [0.4, 0.5) is 0 Å². The molecule has 0 radical (unpaired) electrons. The molecule has 0 atom stereocenters. The lowest BCUT2D eigenvalue weighted by Gasteiger charge is -2.29. The van der Waals surface area contributed by atoms with Crippen molar-refractivity contribution in [1.29, 1.82) is 0 Å². The van der Waals surface area contributed by atoms with Crippen molar-refractivity contribution >= 4 is 5.96 Å². The molecule has 2 N–H and O–H groups in total. The topological polar surface area (TPSA) is 36.4 Å². The monoisotopic (exact) mass is 265 g/mol. The SMILES string of the molecule is CCCN=C(NC1CCCCC1)NC1CCCCC1. The van der Waals surface area contributed by atoms with Crippen molar-refractivity contribution in [3.05, 3.63) is 0 Å². The van der Waals surface area contributed by atoms with E-state index in [1.54, 1.807) is 0 Å². The van der Waals surface area contributed by atoms with Gasteiger partial charge in [0.15, 0.2) is 5.96 Å². The molecule has 110 valence electrons. The van der Waals surface area contributed by atoms with Crippen LogP contribution in [0.1, 0.15) is 77.6 Å². The lowest BCUT2D eigenvalue weighted by molar-refractivity contribution is 0.388. The molecular weight excluding hydrogens is 234 g/mol. The Bertz CT molecular complexity index is 241. The molecule has 19 heavy (non-hydrogen) atoms. The number of hydrogen-bond donors (Lipinski definition) is 2. The molecular formula is C16H31N3. The summed E-state index contributed by atoms with van der Waals surface area (Å²) in [5.41, 5.74) is 0. The van der Waals surface area contributed by atoms with E-state index in [4.69, 9.17) is 4.99 Å². The van der Waals surface area contributed by atoms with E-state index in [9.17, 15) is 0 Å². The minimum Gasteiger partial charge on any atom is -0.354 e. The summed E-state index contributed by atoms with van der Waals surface area (Å²) >= 11 is 0. The molecule has 2 saturated carbocycles. The standard InChI is InChI=1S/C16H31N3/c1-2-13-17-16(18-14-9-5-3-6-10-14)19-15-11-7-4-8-12-15/h14-15H,2-13H2,1H3,(H2,17,18,19). The van der Waals surface area contributed by atoms with E-state index in [2.05, 4.69) is 17.6 Å². The van der Waals surface area contributed by atoms with Gasteiger partial charge < -0.3 is 10.6 Å². The number of nitrogens with one attached hydrogen (secondary N) is 2. The lowest BCUT2D eigenvalue weighted by Crippen LogP contribution is -2.48. The summed E-state index contributed by atoms with van der Waals surface area (Å²) in [4.78, 5) is 4.72. The fraction of sp³-hybridized carbons (Fsp3) is 0.938. The Kier molecular flexibility index (Phi) is 6.52. The Balaban J connectivity index is 1.83. The van der Waals surface area contributed by atoms with Crippen molar-refractivity contribution in [2.75, 3.05) is 6.54 Å². The first-order valence-electron chi connectivity index (χ1n) is 8.46. The van der Waals surface area contributed by atoms with Crippen LogP contribution in [0.3, 0.4) is 0 Å². The minimum absolute atomic E-state index is 0.653. The van der Waals surface area contributed by atoms with Gasteiger partial charge in [-0.25, -0.2) is 0 Å². The maximum atomic E-state index is 4.72. The zero-order chi connectivity index (χ0) is 13.3. The number of guanidine groups is 1. The van der Waals surface area contributed by atoms with Crippen LogP contribution in [0.15, 0.2) is 4.99 Å². The quantitative estimate of drug-likeness (QED) is 0.602. The summed E-state index contributed by atoms with van der Waals surface area (Å²) in [6.45, 7) is 3.14. The summed E-state index contributed by atoms with van der Waals surface area (Å²) in [6.07, 6.45) is 14.7. The predicted molar refractivity (Wildman–Crippen MR) is 82.6 cm³/mol. The average Bonchev–Trinajstić information content (AvgIpc) is 2.47. The molecule has 3 heteroatoms. The molecule has 2 fully saturated rings. The van der Waals surface area contributed by atoms with E-state index in [0.29, 0.717) is 12.1 Å². The summed E-state index contributed by atoms with van der Waals surface area (Å²) in [5, 5.41) is 7.35. The summed E-state index contributed by atoms with van der Waals surface area (Å²) in [6, 6.07) is 1.31. The molecule has 3 nitrogen and oxygen atoms in total. The number of aliphatic imine (C=N–C) groups is 1. The molecule has 0 aliphatic heterocycles. The fourth-order valence-corrected chi connectivity index (χ4v) is 3.24. The second kappa shape index (κ2) is 8.44. The van der Waals surface area contributed by atoms with Gasteiger partial charge >= 0.3 is 0 Å². The summed E-state index contributed by atoms with van der Waals surface area (Å²) < 4.78 is 0. The predicted octanol–water partition coefficient (Wildman–Crippen LogP) is 3.60. The van der Waals surface area contributed by atoms with Crippen LogP contribution in [-0.4, -0.2) is 24.6 Å². The highest BCUT2D eigenvalue weighted by Crippen LogP contribution is 2.19. The third kappa shape index (κ3) is 5.42. The molecule has 0 unspecified atom stereocenters. The Morgan fingerprint density at radius 1 is 0.842 bits per heavy atom. The van der Waals surface area contributed by atoms with Gasteiger partial charge in [-0.15, -0.1) is 0 Å². The first kappa shape index (κ1) is 14.7. The fourth-order valence-electron chi connectivity index (χ4n) is 3.24. The second-order valence-electron chi connectivity index (χ2n) is 6.19. The first-order valence-corrected chi connectivity index (χ1v) is 8.46. The Hall–Kier alpha value is -0.730. The van der Waals surface area contributed by atoms with E-state index in [1.165, 1.54) is 64.2 Å². The van der Waals surface area contributed by atoms with Crippen molar-refractivity contribution in [2.45, 2.75) is 89.6 Å². The smallest absolute Gasteiger partial charge is 0.191 e. The Morgan fingerprint density at radius 3 is 1.74 bits per heavy atom. The van der Waals surface area contributed by atoms with Gasteiger partial charge in [-0.2, -0.15) is 0 Å². The number of nitrogens with zero attached hydrogens (tertiary/aromatic N) is 1. The van der Waals surface area contributed by atoms with Gasteiger partial charge in [0.1, 0.15) is 0 Å². The molecule has 2 aliphatic rings. The molecule has 2 aliphatic carbocycles. The Labute approximate surface area is 118 Å². The molecule has 0 aromatic carbocycles. The van der Waals surface area contributed by atoms with Gasteiger partial charge in [0.05, 0.1) is 0 Å². The van der Waals surface area contributed by atoms with Gasteiger partial charge in [0.2, 0.25) is 0 Å². The number of rotatable bonds is 4. The molecule has 0 amide bonds. The maximum absolute atomic E-state index is 4.72. The molecule has 0 saturated heterocycles. The van der Waals surface area contributed by atoms with Gasteiger partial charge in [-0.05, 0) is 32.1 Å². The highest BCUT2D eigenvalue weighted by atomic mass is 15.2. The van der Waals surface area contributed by atoms with Crippen molar-refractivity contribution in [3.63, 3.8) is 0 Å². The third-order valence-electron chi connectivity index (χ3n) is 4.39. The zero-order valence-electron chi connectivity index (χ0n) is 12.6. The summed E-state index contributed by atoms with van der Waals surface area (Å²) in [5.74, 6) is 1.08. The molecule has 2 rings (SSSR count). The Morgan fingerprint density at radius 2 is 1.32 bits per heavy atom. The van der Waals surface area contributed by atoms with E-state index in [1.807, 2.05) is 0 Å². The second-order valence-corrected chi connectivity index (χ2v) is 6.19. The van der Waals surface area contributed by atoms with Crippen molar-refractivity contribution in [2.24, 2.45) is 4.99 Å². The van der Waals surface area contributed by atoms with Crippen molar-refractivity contribution in [1.82, 2.24) is 10.6 Å². The van der Waals surface area contributed by atoms with Crippen LogP contribution >= 0.6 is 0 Å². The maximum Gasteiger partial charge on any atom is 0.191 e. The molecule has 0 spiro atoms. The van der Waals surface area contributed by atoms with E-state index < -0.39 is 0 Å². The largest absolute Gasteiger partial charge is 0.354 e. The minimum atomic E-state index is 0.653. The van der Waals surface area contributed by atoms with Crippen LogP contribution in [-0.2, 0) is 0 Å². The van der Waals surface area contributed by atoms with Crippen LogP contribution in [0.5, 0.6) is 0 Å². The molecule has 0 heterocycles. The van der Waals surface area contributed by atoms with Gasteiger partial charge in [0, 0.05) is 18.6 Å². The van der Waals surface area contributed by atoms with Crippen molar-refractivity contribution < 1.29 is 0 Å². The molecule has 0 aromatic heterocycles. The third-order valence-corrected chi connectivity index (χ3v) is 4.39. The zero-order valence-corrected chi connectivity index (χ0v) is 12.6. The summed E-state index contributed by atoms with van der Waals surface area (Å²) in [7, 11) is 0. The van der Waals surface area contributed by atoms with Crippen LogP contribution < -0.4 is 10.6 Å². The first-order chi connectivity index (χ1) is 9.38. The normalized spacial score (nSPS) is 21.9. The van der Waals surface area contributed by atoms with Crippen LogP contribution in [0, 0.1) is 0 Å². The van der Waals surface area contributed by atoms with Gasteiger partial charge in [-0.3, -0.25) is 4.99 Å². The van der Waals surface area contributed by atoms with Crippen LogP contribution in [0.2, 0.25) is 0 Å². The highest BCUT2D eigenvalue weighted by Gasteiger charge is 2.18. The van der Waals surface area contributed by atoms with E-state index in [0.717, 1.165) is 18.9 Å². The van der Waals surface area contributed by atoms with E-state index in [-0.39, 0.29) is 0 Å². The molecule has 0 aromatic rings. The lowest BCUT2D eigenvalue weighted by atomic mass is 9.95. The average molecular weight is 265 g/mol. The highest BCUT2D eigenvalue weighted by molar-refractivity contribution is 5.80. The number of hydrogen-bond acceptors (Lipinski definition) is 1. The van der Waals surface area contributed by atoms with Crippen molar-refractivity contribution in [3.8, 4) is 0 Å². The van der Waals surface area contributed by atoms with Gasteiger partial charge in [-0.1, -0.05) is 45.4 Å². The van der Waals surface area contributed by atoms with Crippen LogP contribution in [0.25, 0.3) is 0 Å². The van der Waals surface area contributed by atoms with E-state index >= 15 is 0 Å². The molecule has 0 bridgehead atoms.